The average Bonchev–Trinajstić information content (AvgIpc) is 2.23. The van der Waals surface area contributed by atoms with E-state index in [1.807, 2.05) is 19.1 Å². The Balaban J connectivity index is 2.12. The van der Waals surface area contributed by atoms with Gasteiger partial charge >= 0.3 is 0 Å². The molecule has 1 aromatic rings. The normalized spacial score (nSPS) is 26.7. The highest BCUT2D eigenvalue weighted by atomic mass is 79.9. The molecular weight excluding hydrogens is 254 g/mol. The van der Waals surface area contributed by atoms with E-state index in [0.717, 1.165) is 11.0 Å². The Labute approximate surface area is 98.2 Å². The molecule has 2 rings (SSSR count). The Kier molecular flexibility index (Phi) is 3.22. The van der Waals surface area contributed by atoms with Gasteiger partial charge < -0.3 is 5.32 Å². The first kappa shape index (κ1) is 10.8. The number of ketones is 1. The summed E-state index contributed by atoms with van der Waals surface area (Å²) >= 11 is 3.40. The van der Waals surface area contributed by atoms with Gasteiger partial charge in [0.1, 0.15) is 5.78 Å². The first-order valence-electron chi connectivity index (χ1n) is 5.18. The number of hydrogen-bond donors (Lipinski definition) is 1. The molecule has 80 valence electrons. The number of benzene rings is 1. The molecular formula is C12H14BrNO. The molecule has 1 fully saturated rings. The van der Waals surface area contributed by atoms with Crippen molar-refractivity contribution in [1.82, 2.24) is 5.32 Å². The third-order valence-corrected chi connectivity index (χ3v) is 3.43. The van der Waals surface area contributed by atoms with E-state index in [-0.39, 0.29) is 12.0 Å². The summed E-state index contributed by atoms with van der Waals surface area (Å²) in [6, 6.07) is 8.34. The van der Waals surface area contributed by atoms with E-state index < -0.39 is 0 Å². The van der Waals surface area contributed by atoms with Crippen molar-refractivity contribution in [3.05, 3.63) is 34.3 Å². The monoisotopic (exact) mass is 267 g/mol. The van der Waals surface area contributed by atoms with Crippen LogP contribution in [0.15, 0.2) is 28.7 Å². The minimum atomic E-state index is 0.164. The molecule has 0 aromatic heterocycles. The predicted molar refractivity (Wildman–Crippen MR) is 63.7 cm³/mol. The molecule has 1 aliphatic heterocycles. The van der Waals surface area contributed by atoms with Gasteiger partial charge in [-0.3, -0.25) is 4.79 Å². The fraction of sp³-hybridized carbons (Fsp3) is 0.417. The molecule has 15 heavy (non-hydrogen) atoms. The van der Waals surface area contributed by atoms with Crippen LogP contribution in [0, 0.1) is 5.92 Å². The van der Waals surface area contributed by atoms with Crippen LogP contribution in [0.4, 0.5) is 0 Å². The van der Waals surface area contributed by atoms with Crippen LogP contribution in [0.2, 0.25) is 0 Å². The zero-order valence-electron chi connectivity index (χ0n) is 8.66. The topological polar surface area (TPSA) is 29.1 Å². The van der Waals surface area contributed by atoms with E-state index >= 15 is 0 Å². The Bertz CT molecular complexity index is 360. The number of halogens is 1. The average molecular weight is 268 g/mol. The van der Waals surface area contributed by atoms with Crippen LogP contribution in [-0.2, 0) is 4.79 Å². The van der Waals surface area contributed by atoms with Gasteiger partial charge in [-0.2, -0.15) is 0 Å². The summed E-state index contributed by atoms with van der Waals surface area (Å²) < 4.78 is 1.07. The van der Waals surface area contributed by atoms with E-state index in [1.165, 1.54) is 5.56 Å². The third-order valence-electron chi connectivity index (χ3n) is 2.90. The zero-order valence-corrected chi connectivity index (χ0v) is 10.3. The fourth-order valence-corrected chi connectivity index (χ4v) is 2.10. The van der Waals surface area contributed by atoms with Crippen molar-refractivity contribution in [3.8, 4) is 0 Å². The van der Waals surface area contributed by atoms with Gasteiger partial charge in [-0.25, -0.2) is 0 Å². The van der Waals surface area contributed by atoms with Gasteiger partial charge in [-0.05, 0) is 17.7 Å². The molecule has 0 aliphatic carbocycles. The van der Waals surface area contributed by atoms with Crippen LogP contribution in [0.5, 0.6) is 0 Å². The Morgan fingerprint density at radius 1 is 1.33 bits per heavy atom. The van der Waals surface area contributed by atoms with Crippen molar-refractivity contribution in [1.29, 1.82) is 0 Å². The molecule has 2 nitrogen and oxygen atoms in total. The highest BCUT2D eigenvalue weighted by Gasteiger charge is 2.25. The Morgan fingerprint density at radius 2 is 2.00 bits per heavy atom. The highest BCUT2D eigenvalue weighted by molar-refractivity contribution is 9.10. The molecule has 2 atom stereocenters. The maximum Gasteiger partial charge on any atom is 0.138 e. The minimum absolute atomic E-state index is 0.164. The molecule has 1 N–H and O–H groups in total. The maximum atomic E-state index is 11.6. The van der Waals surface area contributed by atoms with Crippen LogP contribution in [0.1, 0.15) is 24.9 Å². The van der Waals surface area contributed by atoms with E-state index in [4.69, 9.17) is 0 Å². The lowest BCUT2D eigenvalue weighted by molar-refractivity contribution is -0.124. The molecule has 1 aliphatic rings. The molecule has 0 spiro atoms. The van der Waals surface area contributed by atoms with Gasteiger partial charge in [0.05, 0.1) is 0 Å². The molecule has 0 bridgehead atoms. The molecule has 1 heterocycles. The van der Waals surface area contributed by atoms with Crippen LogP contribution < -0.4 is 5.32 Å². The lowest BCUT2D eigenvalue weighted by atomic mass is 9.91. The summed E-state index contributed by atoms with van der Waals surface area (Å²) in [7, 11) is 0. The van der Waals surface area contributed by atoms with Crippen molar-refractivity contribution in [2.75, 3.05) is 6.54 Å². The van der Waals surface area contributed by atoms with Gasteiger partial charge in [-0.1, -0.05) is 35.0 Å². The summed E-state index contributed by atoms with van der Waals surface area (Å²) in [4.78, 5) is 11.6. The van der Waals surface area contributed by atoms with Crippen molar-refractivity contribution >= 4 is 21.7 Å². The highest BCUT2D eigenvalue weighted by Crippen LogP contribution is 2.24. The van der Waals surface area contributed by atoms with Crippen LogP contribution in [-0.4, -0.2) is 12.3 Å². The first-order chi connectivity index (χ1) is 7.16. The van der Waals surface area contributed by atoms with Gasteiger partial charge in [-0.15, -0.1) is 0 Å². The summed E-state index contributed by atoms with van der Waals surface area (Å²) in [5.74, 6) is 0.526. The summed E-state index contributed by atoms with van der Waals surface area (Å²) in [6.45, 7) is 2.77. The maximum absolute atomic E-state index is 11.6. The predicted octanol–water partition coefficient (Wildman–Crippen LogP) is 2.69. The smallest absolute Gasteiger partial charge is 0.138 e. The number of Topliss-reactive ketones (excluding diaryl/α,β-unsaturated/α-hetero) is 1. The van der Waals surface area contributed by atoms with E-state index in [2.05, 4.69) is 33.4 Å². The van der Waals surface area contributed by atoms with E-state index in [0.29, 0.717) is 12.2 Å². The summed E-state index contributed by atoms with van der Waals surface area (Å²) in [5, 5.41) is 3.40. The zero-order chi connectivity index (χ0) is 10.8. The van der Waals surface area contributed by atoms with Gasteiger partial charge in [0.25, 0.3) is 0 Å². The number of rotatable bonds is 1. The second-order valence-electron chi connectivity index (χ2n) is 4.08. The van der Waals surface area contributed by atoms with Crippen molar-refractivity contribution < 1.29 is 4.79 Å². The second kappa shape index (κ2) is 4.45. The quantitative estimate of drug-likeness (QED) is 0.848. The number of hydrogen-bond acceptors (Lipinski definition) is 2. The lowest BCUT2D eigenvalue weighted by Gasteiger charge is -2.27. The standard InChI is InChI=1S/C12H14BrNO/c1-8-7-14-11(6-12(8)15)9-2-4-10(13)5-3-9/h2-5,8,11,14H,6-7H2,1H3/t8?,11-/m1/s1. The Hall–Kier alpha value is -0.670. The third kappa shape index (κ3) is 2.47. The number of piperidine rings is 1. The lowest BCUT2D eigenvalue weighted by Crippen LogP contribution is -2.37. The van der Waals surface area contributed by atoms with Gasteiger partial charge in [0.15, 0.2) is 0 Å². The van der Waals surface area contributed by atoms with Gasteiger partial charge in [0.2, 0.25) is 0 Å². The molecule has 1 aromatic carbocycles. The van der Waals surface area contributed by atoms with Crippen molar-refractivity contribution in [2.45, 2.75) is 19.4 Å². The molecule has 3 heteroatoms. The van der Waals surface area contributed by atoms with Crippen molar-refractivity contribution in [2.24, 2.45) is 5.92 Å². The number of carbonyl (C=O) groups is 1. The molecule has 1 unspecified atom stereocenters. The molecule has 0 radical (unpaired) electrons. The first-order valence-corrected chi connectivity index (χ1v) is 5.97. The molecule has 0 amide bonds. The minimum Gasteiger partial charge on any atom is -0.309 e. The van der Waals surface area contributed by atoms with Gasteiger partial charge in [0, 0.05) is 29.4 Å². The van der Waals surface area contributed by atoms with Crippen LogP contribution in [0.3, 0.4) is 0 Å². The summed E-state index contributed by atoms with van der Waals surface area (Å²) in [5.41, 5.74) is 1.19. The van der Waals surface area contributed by atoms with Crippen molar-refractivity contribution in [3.63, 3.8) is 0 Å². The fourth-order valence-electron chi connectivity index (χ4n) is 1.84. The summed E-state index contributed by atoms with van der Waals surface area (Å²) in [6.07, 6.45) is 0.614. The molecule has 1 saturated heterocycles. The number of nitrogens with one attached hydrogen (secondary N) is 1. The van der Waals surface area contributed by atoms with Crippen LogP contribution in [0.25, 0.3) is 0 Å². The van der Waals surface area contributed by atoms with E-state index in [1.54, 1.807) is 0 Å². The second-order valence-corrected chi connectivity index (χ2v) is 5.00. The Morgan fingerprint density at radius 3 is 2.60 bits per heavy atom. The number of carbonyl (C=O) groups excluding carboxylic acids is 1. The SMILES string of the molecule is CC1CN[C@@H](c2ccc(Br)cc2)CC1=O. The van der Waals surface area contributed by atoms with E-state index in [9.17, 15) is 4.79 Å². The molecule has 0 saturated carbocycles. The largest absolute Gasteiger partial charge is 0.309 e. The van der Waals surface area contributed by atoms with Crippen LogP contribution >= 0.6 is 15.9 Å².